The summed E-state index contributed by atoms with van der Waals surface area (Å²) in [5.74, 6) is -0.829. The van der Waals surface area contributed by atoms with Gasteiger partial charge in [0.05, 0.1) is 6.42 Å². The molecule has 0 saturated carbocycles. The van der Waals surface area contributed by atoms with Crippen molar-refractivity contribution in [3.8, 4) is 11.1 Å². The van der Waals surface area contributed by atoms with Gasteiger partial charge in [0.15, 0.2) is 0 Å². The molecule has 4 nitrogen and oxygen atoms in total. The average molecular weight is 434 g/mol. The van der Waals surface area contributed by atoms with Gasteiger partial charge >= 0.3 is 5.97 Å². The molecule has 31 heavy (non-hydrogen) atoms. The van der Waals surface area contributed by atoms with Crippen molar-refractivity contribution in [2.75, 3.05) is 6.54 Å². The van der Waals surface area contributed by atoms with Crippen LogP contribution in [0.5, 0.6) is 0 Å². The predicted molar refractivity (Wildman–Crippen MR) is 123 cm³/mol. The minimum atomic E-state index is -0.792. The highest BCUT2D eigenvalue weighted by Crippen LogP contribution is 2.40. The number of benzene rings is 3. The number of rotatable bonds is 8. The number of amides is 1. The first-order chi connectivity index (χ1) is 15.0. The minimum absolute atomic E-state index is 0.0377. The van der Waals surface area contributed by atoms with Crippen molar-refractivity contribution in [2.24, 2.45) is 0 Å². The van der Waals surface area contributed by atoms with E-state index in [-0.39, 0.29) is 18.7 Å². The highest BCUT2D eigenvalue weighted by molar-refractivity contribution is 6.31. The zero-order valence-electron chi connectivity index (χ0n) is 17.2. The van der Waals surface area contributed by atoms with Crippen LogP contribution in [0.1, 0.15) is 34.2 Å². The average Bonchev–Trinajstić information content (AvgIpc) is 3.14. The third-order valence-electron chi connectivity index (χ3n) is 5.77. The van der Waals surface area contributed by atoms with Gasteiger partial charge in [0, 0.05) is 18.0 Å². The Hall–Kier alpha value is -3.11. The van der Waals surface area contributed by atoms with Crippen LogP contribution in [0.2, 0.25) is 5.02 Å². The van der Waals surface area contributed by atoms with Crippen LogP contribution in [0, 0.1) is 0 Å². The van der Waals surface area contributed by atoms with Gasteiger partial charge in [0.2, 0.25) is 5.91 Å². The van der Waals surface area contributed by atoms with E-state index in [0.29, 0.717) is 18.0 Å². The molecule has 1 amide bonds. The Labute approximate surface area is 186 Å². The van der Waals surface area contributed by atoms with Gasteiger partial charge in [-0.3, -0.25) is 9.59 Å². The Morgan fingerprint density at radius 3 is 2.35 bits per heavy atom. The molecule has 0 aromatic heterocycles. The maximum Gasteiger partial charge on any atom is 0.303 e. The zero-order valence-corrected chi connectivity index (χ0v) is 17.9. The maximum atomic E-state index is 12.6. The maximum absolute atomic E-state index is 12.6. The molecule has 2 N–H and O–H groups in total. The van der Waals surface area contributed by atoms with E-state index in [4.69, 9.17) is 16.7 Å². The van der Waals surface area contributed by atoms with Crippen LogP contribution in [-0.4, -0.2) is 23.5 Å². The Bertz CT molecular complexity index is 1120. The summed E-state index contributed by atoms with van der Waals surface area (Å²) in [6.45, 7) is 0.542. The molecule has 0 heterocycles. The molecular formula is C26H24ClNO3. The Kier molecular flexibility index (Phi) is 6.38. The third kappa shape index (κ3) is 4.97. The largest absolute Gasteiger partial charge is 0.481 e. The zero-order chi connectivity index (χ0) is 21.8. The lowest BCUT2D eigenvalue weighted by atomic mass is 9.98. The second-order valence-electron chi connectivity index (χ2n) is 7.87. The van der Waals surface area contributed by atoms with Gasteiger partial charge in [0.25, 0.3) is 0 Å². The van der Waals surface area contributed by atoms with E-state index in [1.807, 2.05) is 48.5 Å². The number of hydrogen-bond donors (Lipinski definition) is 2. The van der Waals surface area contributed by atoms with Gasteiger partial charge in [0.1, 0.15) is 0 Å². The molecule has 0 spiro atoms. The van der Waals surface area contributed by atoms with Gasteiger partial charge in [-0.2, -0.15) is 0 Å². The first-order valence-electron chi connectivity index (χ1n) is 10.5. The van der Waals surface area contributed by atoms with Crippen molar-refractivity contribution < 1.29 is 14.7 Å². The van der Waals surface area contributed by atoms with E-state index >= 15 is 0 Å². The molecule has 4 rings (SSSR count). The monoisotopic (exact) mass is 433 g/mol. The number of nitrogens with one attached hydrogen (secondary N) is 1. The van der Waals surface area contributed by atoms with E-state index in [0.717, 1.165) is 35.1 Å². The van der Waals surface area contributed by atoms with Crippen molar-refractivity contribution in [1.29, 1.82) is 0 Å². The van der Waals surface area contributed by atoms with Crippen LogP contribution in [0.15, 0.2) is 60.7 Å². The SMILES string of the molecule is O=C(O)CCc1ccc(CCNC(=O)Cc2c(Cl)ccc3c2Cc2ccccc2-3)cc1. The number of carbonyl (C=O) groups is 2. The van der Waals surface area contributed by atoms with Gasteiger partial charge in [-0.05, 0) is 64.3 Å². The molecule has 158 valence electrons. The fraction of sp³-hybridized carbons (Fsp3) is 0.231. The molecule has 3 aromatic carbocycles. The van der Waals surface area contributed by atoms with E-state index in [9.17, 15) is 9.59 Å². The summed E-state index contributed by atoms with van der Waals surface area (Å²) in [6.07, 6.45) is 2.45. The fourth-order valence-electron chi connectivity index (χ4n) is 4.13. The molecule has 0 atom stereocenters. The number of aryl methyl sites for hydroxylation is 1. The van der Waals surface area contributed by atoms with E-state index in [1.165, 1.54) is 16.7 Å². The smallest absolute Gasteiger partial charge is 0.303 e. The molecule has 0 aliphatic heterocycles. The first-order valence-corrected chi connectivity index (χ1v) is 10.8. The number of halogens is 1. The minimum Gasteiger partial charge on any atom is -0.481 e. The van der Waals surface area contributed by atoms with E-state index < -0.39 is 5.97 Å². The molecule has 0 radical (unpaired) electrons. The molecule has 5 heteroatoms. The molecular weight excluding hydrogens is 410 g/mol. The summed E-state index contributed by atoms with van der Waals surface area (Å²) >= 11 is 6.47. The van der Waals surface area contributed by atoms with Gasteiger partial charge in [-0.25, -0.2) is 0 Å². The number of carboxylic acid groups (broad SMARTS) is 1. The van der Waals surface area contributed by atoms with Crippen LogP contribution >= 0.6 is 11.6 Å². The van der Waals surface area contributed by atoms with Crippen LogP contribution in [0.3, 0.4) is 0 Å². The summed E-state index contributed by atoms with van der Waals surface area (Å²) < 4.78 is 0. The molecule has 0 unspecified atom stereocenters. The van der Waals surface area contributed by atoms with Gasteiger partial charge in [-0.15, -0.1) is 0 Å². The van der Waals surface area contributed by atoms with Crippen molar-refractivity contribution in [3.63, 3.8) is 0 Å². The summed E-state index contributed by atoms with van der Waals surface area (Å²) in [5.41, 5.74) is 7.84. The quantitative estimate of drug-likeness (QED) is 0.418. The van der Waals surface area contributed by atoms with Crippen LogP contribution in [0.25, 0.3) is 11.1 Å². The third-order valence-corrected chi connectivity index (χ3v) is 6.13. The molecule has 1 aliphatic rings. The van der Waals surface area contributed by atoms with E-state index in [2.05, 4.69) is 17.4 Å². The highest BCUT2D eigenvalue weighted by atomic mass is 35.5. The normalized spacial score (nSPS) is 11.6. The van der Waals surface area contributed by atoms with Crippen molar-refractivity contribution in [3.05, 3.63) is 93.5 Å². The predicted octanol–water partition coefficient (Wildman–Crippen LogP) is 4.83. The lowest BCUT2D eigenvalue weighted by Gasteiger charge is -2.12. The second-order valence-corrected chi connectivity index (χ2v) is 8.28. The van der Waals surface area contributed by atoms with Crippen molar-refractivity contribution in [1.82, 2.24) is 5.32 Å². The summed E-state index contributed by atoms with van der Waals surface area (Å²) in [4.78, 5) is 23.3. The molecule has 3 aromatic rings. The Morgan fingerprint density at radius 2 is 1.61 bits per heavy atom. The molecule has 0 bridgehead atoms. The topological polar surface area (TPSA) is 66.4 Å². The number of carboxylic acids is 1. The lowest BCUT2D eigenvalue weighted by molar-refractivity contribution is -0.137. The standard InChI is InChI=1S/C26H24ClNO3/c27-24-11-10-21-20-4-2-1-3-19(20)15-22(21)23(24)16-25(29)28-14-13-18-7-5-17(6-8-18)9-12-26(30)31/h1-8,10-11H,9,12-16H2,(H,28,29)(H,30,31). The Balaban J connectivity index is 1.33. The summed E-state index contributed by atoms with van der Waals surface area (Å²) in [5, 5.41) is 12.4. The summed E-state index contributed by atoms with van der Waals surface area (Å²) in [6, 6.07) is 20.1. The van der Waals surface area contributed by atoms with Gasteiger partial charge in [-0.1, -0.05) is 66.2 Å². The van der Waals surface area contributed by atoms with Crippen molar-refractivity contribution in [2.45, 2.75) is 32.1 Å². The van der Waals surface area contributed by atoms with Gasteiger partial charge < -0.3 is 10.4 Å². The first kappa shape index (κ1) is 21.1. The molecule has 0 saturated heterocycles. The number of aliphatic carboxylic acids is 1. The number of fused-ring (bicyclic) bond motifs is 3. The molecule has 1 aliphatic carbocycles. The highest BCUT2D eigenvalue weighted by Gasteiger charge is 2.23. The van der Waals surface area contributed by atoms with Crippen molar-refractivity contribution >= 4 is 23.5 Å². The van der Waals surface area contributed by atoms with Crippen LogP contribution < -0.4 is 5.32 Å². The molecule has 0 fully saturated rings. The van der Waals surface area contributed by atoms with E-state index in [1.54, 1.807) is 0 Å². The second kappa shape index (κ2) is 9.36. The number of carbonyl (C=O) groups excluding carboxylic acids is 1. The van der Waals surface area contributed by atoms with Crippen LogP contribution in [0.4, 0.5) is 0 Å². The summed E-state index contributed by atoms with van der Waals surface area (Å²) in [7, 11) is 0. The van der Waals surface area contributed by atoms with Crippen LogP contribution in [-0.2, 0) is 35.3 Å². The number of hydrogen-bond acceptors (Lipinski definition) is 2. The fourth-order valence-corrected chi connectivity index (χ4v) is 4.37. The lowest BCUT2D eigenvalue weighted by Crippen LogP contribution is -2.27. The Morgan fingerprint density at radius 1 is 0.903 bits per heavy atom.